The van der Waals surface area contributed by atoms with Gasteiger partial charge < -0.3 is 80.2 Å². The van der Waals surface area contributed by atoms with Crippen LogP contribution in [0.25, 0.3) is 32.3 Å². The molecule has 0 aliphatic heterocycles. The number of nitrogens with one attached hydrogen (secondary N) is 10. The summed E-state index contributed by atoms with van der Waals surface area (Å²) in [7, 11) is 25.0. The Kier molecular flexibility index (Phi) is 51.8. The molecular formula is C112H154B5N13O12. The molecule has 0 spiro atoms. The number of carbonyl (C=O) groups is 10. The average Bonchev–Trinajstić information content (AvgIpc) is 0.819. The SMILES string of the molecule is CCCCC(CCCC)c1ccc(CNCC2CCC(NC(=O)c3cccc4ccccc34)CC2)cc1.NCC1CCC(NC(=O)c2cccc3ccccc23)CC1.[B]C(=O)NCC1CCC(C(=O)O)CC1.[B]C(=O)NCC1CCC(N)CC1.[B]C(=O)NCC1CCC(N)CC1.[B]C(=O)NCC1CCC(NC(=O)OCc2ccccc2)CC1.[B]C(=O)NCC1CCC(NC(=O)c2cccc3ccccc23)CC1. The van der Waals surface area contributed by atoms with Gasteiger partial charge in [0.1, 0.15) is 6.61 Å². The van der Waals surface area contributed by atoms with Gasteiger partial charge in [-0.1, -0.05) is 203 Å². The number of alkyl carbamates (subject to hydrolysis) is 1. The number of carboxylic acid groups (broad SMARTS) is 1. The molecule has 142 heavy (non-hydrogen) atoms. The van der Waals surface area contributed by atoms with E-state index in [1.54, 1.807) is 0 Å². The van der Waals surface area contributed by atoms with Crippen LogP contribution in [0.4, 0.5) is 28.8 Å². The lowest BCUT2D eigenvalue weighted by molar-refractivity contribution is -0.143. The van der Waals surface area contributed by atoms with Gasteiger partial charge in [-0.25, -0.2) is 4.79 Å². The zero-order chi connectivity index (χ0) is 102. The molecule has 9 amide bonds. The maximum absolute atomic E-state index is 13.0. The molecule has 7 aliphatic rings. The van der Waals surface area contributed by atoms with Crippen molar-refractivity contribution in [3.63, 3.8) is 0 Å². The molecule has 754 valence electrons. The van der Waals surface area contributed by atoms with Gasteiger partial charge in [0.2, 0.25) is 0 Å². The highest BCUT2D eigenvalue weighted by Crippen LogP contribution is 2.34. The van der Waals surface area contributed by atoms with Gasteiger partial charge in [0.15, 0.2) is 68.3 Å². The highest BCUT2D eigenvalue weighted by molar-refractivity contribution is 6.58. The smallest absolute Gasteiger partial charge is 0.407 e. The lowest BCUT2D eigenvalue weighted by Crippen LogP contribution is -2.39. The first kappa shape index (κ1) is 115. The third-order valence-corrected chi connectivity index (χ3v) is 29.2. The minimum atomic E-state index is -0.702. The molecular weight excluding hydrogens is 1770 g/mol. The zero-order valence-electron chi connectivity index (χ0n) is 83.9. The van der Waals surface area contributed by atoms with E-state index in [4.69, 9.17) is 66.3 Å². The summed E-state index contributed by atoms with van der Waals surface area (Å²) < 4.78 is 5.21. The first-order valence-electron chi connectivity index (χ1n) is 52.4. The van der Waals surface area contributed by atoms with Gasteiger partial charge in [-0.2, -0.15) is 0 Å². The molecule has 15 rings (SSSR count). The molecule has 7 aliphatic carbocycles. The van der Waals surface area contributed by atoms with Crippen LogP contribution in [0, 0.1) is 47.3 Å². The molecule has 0 atom stereocenters. The van der Waals surface area contributed by atoms with E-state index in [9.17, 15) is 47.9 Å². The lowest BCUT2D eigenvalue weighted by atomic mass is 9.82. The summed E-state index contributed by atoms with van der Waals surface area (Å²) in [6, 6.07) is 62.4. The number of carbonyl (C=O) groups excluding carboxylic acids is 9. The predicted molar refractivity (Wildman–Crippen MR) is 575 cm³/mol. The quantitative estimate of drug-likeness (QED) is 0.0174. The number of carboxylic acids is 1. The highest BCUT2D eigenvalue weighted by Gasteiger charge is 2.31. The van der Waals surface area contributed by atoms with Gasteiger partial charge in [-0.15, -0.1) is 0 Å². The summed E-state index contributed by atoms with van der Waals surface area (Å²) in [5, 5.41) is 44.5. The fraction of sp³-hybridized carbons (Fsp3) is 0.536. The van der Waals surface area contributed by atoms with Crippen molar-refractivity contribution in [1.82, 2.24) is 53.2 Å². The molecule has 10 radical (unpaired) electrons. The monoisotopic (exact) mass is 1930 g/mol. The Morgan fingerprint density at radius 2 is 0.634 bits per heavy atom. The molecule has 7 saturated carbocycles. The molecule has 0 bridgehead atoms. The second-order valence-electron chi connectivity index (χ2n) is 40.0. The second-order valence-corrected chi connectivity index (χ2v) is 40.0. The largest absolute Gasteiger partial charge is 0.481 e. The molecule has 0 saturated heterocycles. The van der Waals surface area contributed by atoms with Crippen LogP contribution in [-0.2, 0) is 22.7 Å². The zero-order valence-corrected chi connectivity index (χ0v) is 83.9. The Morgan fingerprint density at radius 3 is 0.958 bits per heavy atom. The highest BCUT2D eigenvalue weighted by atomic mass is 16.5. The van der Waals surface area contributed by atoms with Gasteiger partial charge in [0.25, 0.3) is 17.7 Å². The number of unbranched alkanes of at least 4 members (excludes halogenated alkanes) is 2. The molecule has 0 unspecified atom stereocenters. The third-order valence-electron chi connectivity index (χ3n) is 29.2. The average molecular weight is 1930 g/mol. The first-order valence-corrected chi connectivity index (χ1v) is 52.4. The van der Waals surface area contributed by atoms with Crippen LogP contribution < -0.4 is 70.4 Å². The number of amides is 9. The third kappa shape index (κ3) is 43.0. The summed E-state index contributed by atoms with van der Waals surface area (Å²) in [5.74, 6) is 1.37. The van der Waals surface area contributed by atoms with Crippen molar-refractivity contribution in [3.05, 3.63) is 215 Å². The summed E-state index contributed by atoms with van der Waals surface area (Å²) >= 11 is 0. The lowest BCUT2D eigenvalue weighted by Gasteiger charge is -2.29. The van der Waals surface area contributed by atoms with Gasteiger partial charge in [0, 0.05) is 92.2 Å². The molecule has 7 fully saturated rings. The van der Waals surface area contributed by atoms with Crippen LogP contribution in [0.15, 0.2) is 182 Å². The number of rotatable bonds is 32. The molecule has 30 heteroatoms. The standard InChI is InChI=1S/C34H46N2O.C19H21BN2O2.C18H22N2O.C16H21BN2O3.C9H14BNO3.2C8H15BN2O/c1-3-5-10-28(11-6-4-2)29-20-16-26(17-21-29)24-35-25-27-18-22-31(23-19-27)36-34(37)33-15-9-13-30-12-7-8-14-32(30)33;20-19(24)21-12-13-8-10-15(11-9-13)22-18(23)17-7-3-5-14-4-1-2-6-16(14)17;19-12-13-8-10-15(11-9-13)20-18(21)17-7-3-5-14-4-1-2-6-16(14)17;17-15(20)18-10-12-6-8-14(9-7-12)19-16(21)22-11-13-4-2-1-3-5-13;10-9(14)11-5-6-1-3-7(4-2-6)8(12)13;2*9-8(12)11-5-6-1-3-7(10)4-2-6/h7-9,12-17,20-21,27-28,31,35H,3-6,10-11,18-19,22-25H2,1-2H3,(H,36,37);1-7,13,15H,8-12H2,(H,21,24)(H,22,23);1-7,13,15H,8-12,19H2,(H,20,21);1-5,12,14H,6-11H2,(H,18,20)(H,19,21);6-7H,1-5H2,(H,11,14)(H,12,13);2*6-7H,1-5,10H2,(H,11,12). The number of nitrogens with two attached hydrogens (primary N) is 3. The van der Waals surface area contributed by atoms with E-state index in [-0.39, 0.29) is 54.5 Å². The number of benzene rings is 8. The molecule has 0 heterocycles. The van der Waals surface area contributed by atoms with E-state index < -0.39 is 35.0 Å². The van der Waals surface area contributed by atoms with Crippen molar-refractivity contribution in [3.8, 4) is 0 Å². The Labute approximate surface area is 849 Å². The van der Waals surface area contributed by atoms with Crippen molar-refractivity contribution >= 4 is 130 Å². The first-order chi connectivity index (χ1) is 68.7. The molecule has 25 nitrogen and oxygen atoms in total. The summed E-state index contributed by atoms with van der Waals surface area (Å²) in [6.45, 7) is 10.9. The Hall–Kier alpha value is -10.8. The number of hydrogen-bond donors (Lipinski definition) is 14. The summed E-state index contributed by atoms with van der Waals surface area (Å²) in [6.07, 6.45) is 35.7. The van der Waals surface area contributed by atoms with E-state index in [0.717, 1.165) is 234 Å². The van der Waals surface area contributed by atoms with E-state index in [1.165, 1.54) is 62.5 Å². The summed E-state index contributed by atoms with van der Waals surface area (Å²) in [4.78, 5) is 113. The fourth-order valence-electron chi connectivity index (χ4n) is 20.4. The number of ether oxygens (including phenoxy) is 1. The van der Waals surface area contributed by atoms with Crippen molar-refractivity contribution in [2.45, 2.75) is 287 Å². The topological polar surface area (TPSA) is 399 Å². The van der Waals surface area contributed by atoms with Crippen LogP contribution in [0.1, 0.15) is 286 Å². The fourth-order valence-corrected chi connectivity index (χ4v) is 20.4. The van der Waals surface area contributed by atoms with Crippen LogP contribution in [-0.4, -0.2) is 185 Å². The van der Waals surface area contributed by atoms with E-state index in [1.807, 2.05) is 146 Å². The van der Waals surface area contributed by atoms with Gasteiger partial charge in [-0.3, -0.25) is 43.2 Å². The number of hydrogen-bond acceptors (Lipinski definition) is 15. The van der Waals surface area contributed by atoms with Crippen molar-refractivity contribution in [2.24, 2.45) is 64.5 Å². The van der Waals surface area contributed by atoms with Crippen LogP contribution in [0.5, 0.6) is 0 Å². The van der Waals surface area contributed by atoms with Crippen LogP contribution >= 0.6 is 0 Å². The van der Waals surface area contributed by atoms with Gasteiger partial charge >= 0.3 is 12.1 Å². The van der Waals surface area contributed by atoms with Gasteiger partial charge in [-0.05, 0) is 320 Å². The Morgan fingerprint density at radius 1 is 0.338 bits per heavy atom. The predicted octanol–water partition coefficient (Wildman–Crippen LogP) is 18.3. The maximum Gasteiger partial charge on any atom is 0.407 e. The molecule has 0 aromatic heterocycles. The van der Waals surface area contributed by atoms with E-state index >= 15 is 0 Å². The van der Waals surface area contributed by atoms with Crippen molar-refractivity contribution in [2.75, 3.05) is 45.8 Å². The molecule has 8 aromatic carbocycles. The maximum atomic E-state index is 13.0. The minimum Gasteiger partial charge on any atom is -0.481 e. The van der Waals surface area contributed by atoms with Crippen molar-refractivity contribution < 1.29 is 57.8 Å². The Balaban J connectivity index is 0.000000192. The van der Waals surface area contributed by atoms with Crippen molar-refractivity contribution in [1.29, 1.82) is 0 Å². The van der Waals surface area contributed by atoms with Crippen LogP contribution in [0.2, 0.25) is 0 Å². The van der Waals surface area contributed by atoms with Crippen LogP contribution in [0.3, 0.4) is 0 Å². The molecule has 17 N–H and O–H groups in total. The van der Waals surface area contributed by atoms with E-state index in [0.29, 0.717) is 105 Å². The van der Waals surface area contributed by atoms with E-state index in [2.05, 4.69) is 103 Å². The normalized spacial score (nSPS) is 22.3. The minimum absolute atomic E-state index is 0.00879. The Bertz CT molecular complexity index is 5070. The number of fused-ring (bicyclic) bond motifs is 3. The molecule has 8 aromatic rings. The number of aliphatic carboxylic acids is 1. The summed E-state index contributed by atoms with van der Waals surface area (Å²) in [5.41, 5.74) is 23.4. The second kappa shape index (κ2) is 64.1. The van der Waals surface area contributed by atoms with Gasteiger partial charge in [0.05, 0.1) is 5.92 Å².